The van der Waals surface area contributed by atoms with E-state index in [0.717, 1.165) is 12.1 Å². The van der Waals surface area contributed by atoms with Gasteiger partial charge >= 0.3 is 6.09 Å². The first-order valence-corrected chi connectivity index (χ1v) is 6.33. The second-order valence-corrected chi connectivity index (χ2v) is 5.69. The van der Waals surface area contributed by atoms with Crippen molar-refractivity contribution in [3.8, 4) is 0 Å². The Labute approximate surface area is 118 Å². The predicted molar refractivity (Wildman–Crippen MR) is 70.3 cm³/mol. The van der Waals surface area contributed by atoms with Gasteiger partial charge in [0.05, 0.1) is 4.47 Å². The summed E-state index contributed by atoms with van der Waals surface area (Å²) in [6, 6.07) is 2.07. The Morgan fingerprint density at radius 2 is 1.95 bits per heavy atom. The quantitative estimate of drug-likeness (QED) is 0.658. The van der Waals surface area contributed by atoms with E-state index >= 15 is 0 Å². The van der Waals surface area contributed by atoms with Crippen LogP contribution in [0.25, 0.3) is 0 Å². The molecule has 0 radical (unpaired) electrons. The number of carbonyl (C=O) groups excluding carboxylic acids is 1. The lowest BCUT2D eigenvalue weighted by atomic mass is 10.2. The smallest absolute Gasteiger partial charge is 0.422 e. The molecule has 7 heteroatoms. The van der Waals surface area contributed by atoms with Gasteiger partial charge in [-0.15, -0.1) is 0 Å². The standard InChI is InChI=1S/C12H15BrF2N2O2/c1-12(2,3)19-11(18)17-16-6-7-4-10(15)8(13)5-9(7)14/h4-5,16H,6H2,1-3H3,(H,17,18). The van der Waals surface area contributed by atoms with Crippen LogP contribution in [0.1, 0.15) is 26.3 Å². The molecule has 0 saturated carbocycles. The third kappa shape index (κ3) is 5.52. The number of amides is 1. The van der Waals surface area contributed by atoms with Crippen molar-refractivity contribution < 1.29 is 18.3 Å². The molecule has 0 atom stereocenters. The van der Waals surface area contributed by atoms with Crippen LogP contribution in [0.2, 0.25) is 0 Å². The Kier molecular flexibility index (Phi) is 5.25. The van der Waals surface area contributed by atoms with E-state index in [2.05, 4.69) is 26.8 Å². The summed E-state index contributed by atoms with van der Waals surface area (Å²) in [5.74, 6) is -1.15. The first-order valence-electron chi connectivity index (χ1n) is 5.54. The number of benzene rings is 1. The Hall–Kier alpha value is -1.21. The molecule has 2 N–H and O–H groups in total. The van der Waals surface area contributed by atoms with Crippen molar-refractivity contribution in [3.63, 3.8) is 0 Å². The summed E-state index contributed by atoms with van der Waals surface area (Å²) in [6.07, 6.45) is -0.689. The van der Waals surface area contributed by atoms with Crippen LogP contribution in [-0.4, -0.2) is 11.7 Å². The van der Waals surface area contributed by atoms with Crippen LogP contribution in [-0.2, 0) is 11.3 Å². The van der Waals surface area contributed by atoms with Gasteiger partial charge in [-0.25, -0.2) is 19.0 Å². The first kappa shape index (κ1) is 15.8. The van der Waals surface area contributed by atoms with E-state index in [4.69, 9.17) is 4.74 Å². The van der Waals surface area contributed by atoms with Crippen LogP contribution in [0.15, 0.2) is 16.6 Å². The van der Waals surface area contributed by atoms with Crippen LogP contribution in [0, 0.1) is 11.6 Å². The molecule has 19 heavy (non-hydrogen) atoms. The van der Waals surface area contributed by atoms with E-state index in [9.17, 15) is 13.6 Å². The number of hydrazine groups is 1. The Morgan fingerprint density at radius 3 is 2.53 bits per heavy atom. The third-order valence-corrected chi connectivity index (χ3v) is 2.57. The number of ether oxygens (including phenoxy) is 1. The van der Waals surface area contributed by atoms with E-state index in [0.29, 0.717) is 0 Å². The van der Waals surface area contributed by atoms with Gasteiger partial charge in [0.1, 0.15) is 17.2 Å². The van der Waals surface area contributed by atoms with Crippen LogP contribution < -0.4 is 10.9 Å². The molecule has 0 aliphatic carbocycles. The van der Waals surface area contributed by atoms with Crippen LogP contribution in [0.3, 0.4) is 0 Å². The zero-order valence-electron chi connectivity index (χ0n) is 10.8. The van der Waals surface area contributed by atoms with Gasteiger partial charge in [-0.3, -0.25) is 5.43 Å². The lowest BCUT2D eigenvalue weighted by molar-refractivity contribution is 0.0496. The summed E-state index contributed by atoms with van der Waals surface area (Å²) in [6.45, 7) is 5.10. The lowest BCUT2D eigenvalue weighted by Gasteiger charge is -2.19. The maximum atomic E-state index is 13.4. The summed E-state index contributed by atoms with van der Waals surface area (Å²) in [5.41, 5.74) is 4.17. The van der Waals surface area contributed by atoms with Crippen molar-refractivity contribution in [2.45, 2.75) is 32.9 Å². The molecule has 4 nitrogen and oxygen atoms in total. The first-order chi connectivity index (χ1) is 8.69. The topological polar surface area (TPSA) is 50.4 Å². The van der Waals surface area contributed by atoms with E-state index in [1.54, 1.807) is 20.8 Å². The molecule has 1 aromatic rings. The molecule has 106 valence electrons. The second kappa shape index (κ2) is 6.29. The second-order valence-electron chi connectivity index (χ2n) is 4.84. The fraction of sp³-hybridized carbons (Fsp3) is 0.417. The monoisotopic (exact) mass is 336 g/mol. The highest BCUT2D eigenvalue weighted by molar-refractivity contribution is 9.10. The molecule has 1 amide bonds. The summed E-state index contributed by atoms with van der Waals surface area (Å²) in [7, 11) is 0. The number of carbonyl (C=O) groups is 1. The minimum Gasteiger partial charge on any atom is -0.443 e. The van der Waals surface area contributed by atoms with Crippen molar-refractivity contribution in [3.05, 3.63) is 33.8 Å². The van der Waals surface area contributed by atoms with Crippen LogP contribution in [0.5, 0.6) is 0 Å². The van der Waals surface area contributed by atoms with Gasteiger partial charge in [0.15, 0.2) is 0 Å². The fourth-order valence-corrected chi connectivity index (χ4v) is 1.53. The fourth-order valence-electron chi connectivity index (χ4n) is 1.21. The van der Waals surface area contributed by atoms with Gasteiger partial charge in [0, 0.05) is 12.1 Å². The lowest BCUT2D eigenvalue weighted by Crippen LogP contribution is -2.40. The Balaban J connectivity index is 2.50. The van der Waals surface area contributed by atoms with Crippen molar-refractivity contribution in [1.29, 1.82) is 0 Å². The maximum Gasteiger partial charge on any atom is 0.422 e. The van der Waals surface area contributed by atoms with Crippen LogP contribution >= 0.6 is 15.9 Å². The highest BCUT2D eigenvalue weighted by Crippen LogP contribution is 2.19. The zero-order chi connectivity index (χ0) is 14.6. The molecule has 0 bridgehead atoms. The van der Waals surface area contributed by atoms with Crippen molar-refractivity contribution >= 4 is 22.0 Å². The molecule has 0 aliphatic rings. The molecule has 0 spiro atoms. The summed E-state index contributed by atoms with van der Waals surface area (Å²) in [5, 5.41) is 0. The van der Waals surface area contributed by atoms with E-state index < -0.39 is 23.3 Å². The van der Waals surface area contributed by atoms with Crippen molar-refractivity contribution in [1.82, 2.24) is 10.9 Å². The van der Waals surface area contributed by atoms with Gasteiger partial charge in [0.25, 0.3) is 0 Å². The molecule has 0 fully saturated rings. The zero-order valence-corrected chi connectivity index (χ0v) is 12.4. The number of rotatable bonds is 3. The Bertz CT molecular complexity index is 476. The van der Waals surface area contributed by atoms with E-state index in [-0.39, 0.29) is 16.6 Å². The largest absolute Gasteiger partial charge is 0.443 e. The van der Waals surface area contributed by atoms with E-state index in [1.807, 2.05) is 0 Å². The molecule has 1 aromatic carbocycles. The number of hydrogen-bond acceptors (Lipinski definition) is 3. The van der Waals surface area contributed by atoms with E-state index in [1.165, 1.54) is 0 Å². The highest BCUT2D eigenvalue weighted by atomic mass is 79.9. The molecule has 0 aromatic heterocycles. The highest BCUT2D eigenvalue weighted by Gasteiger charge is 2.16. The normalized spacial score (nSPS) is 11.3. The molecular formula is C12H15BrF2N2O2. The Morgan fingerprint density at radius 1 is 1.32 bits per heavy atom. The summed E-state index contributed by atoms with van der Waals surface area (Å²) >= 11 is 2.88. The van der Waals surface area contributed by atoms with Gasteiger partial charge in [-0.2, -0.15) is 0 Å². The molecule has 0 saturated heterocycles. The molecule has 0 unspecified atom stereocenters. The molecule has 0 aliphatic heterocycles. The minimum atomic E-state index is -0.689. The summed E-state index contributed by atoms with van der Waals surface area (Å²) < 4.78 is 31.7. The van der Waals surface area contributed by atoms with Crippen molar-refractivity contribution in [2.75, 3.05) is 0 Å². The number of hydrogen-bond donors (Lipinski definition) is 2. The van der Waals surface area contributed by atoms with Gasteiger partial charge in [-0.05, 0) is 48.8 Å². The van der Waals surface area contributed by atoms with Gasteiger partial charge < -0.3 is 4.74 Å². The van der Waals surface area contributed by atoms with Gasteiger partial charge in [-0.1, -0.05) is 0 Å². The predicted octanol–water partition coefficient (Wildman–Crippen LogP) is 3.26. The SMILES string of the molecule is CC(C)(C)OC(=O)NNCc1cc(F)c(Br)cc1F. The molecule has 0 heterocycles. The van der Waals surface area contributed by atoms with Crippen molar-refractivity contribution in [2.24, 2.45) is 0 Å². The number of halogens is 3. The maximum absolute atomic E-state index is 13.4. The average molecular weight is 337 g/mol. The molecular weight excluding hydrogens is 322 g/mol. The minimum absolute atomic E-state index is 0.0499. The van der Waals surface area contributed by atoms with Crippen LogP contribution in [0.4, 0.5) is 13.6 Å². The summed E-state index contributed by atoms with van der Waals surface area (Å²) in [4.78, 5) is 11.3. The third-order valence-electron chi connectivity index (χ3n) is 1.96. The average Bonchev–Trinajstić information content (AvgIpc) is 2.22. The number of nitrogens with one attached hydrogen (secondary N) is 2. The van der Waals surface area contributed by atoms with Gasteiger partial charge in [0.2, 0.25) is 0 Å². The molecule has 1 rings (SSSR count).